The number of rotatable bonds is 2. The molecule has 98 valence electrons. The summed E-state index contributed by atoms with van der Waals surface area (Å²) in [6.45, 7) is 3.18. The zero-order valence-corrected chi connectivity index (χ0v) is 11.5. The third kappa shape index (κ3) is 3.13. The first-order valence-corrected chi connectivity index (χ1v) is 6.48. The molecule has 1 aliphatic heterocycles. The van der Waals surface area contributed by atoms with Gasteiger partial charge in [-0.1, -0.05) is 23.2 Å². The first-order chi connectivity index (χ1) is 8.50. The molecular weight excluding hydrogens is 275 g/mol. The highest BCUT2D eigenvalue weighted by atomic mass is 35.5. The number of aromatic nitrogens is 1. The van der Waals surface area contributed by atoms with Crippen molar-refractivity contribution in [2.75, 3.05) is 13.2 Å². The Morgan fingerprint density at radius 2 is 2.28 bits per heavy atom. The molecule has 6 heteroatoms. The predicted molar refractivity (Wildman–Crippen MR) is 70.2 cm³/mol. The smallest absolute Gasteiger partial charge is 0.271 e. The fourth-order valence-electron chi connectivity index (χ4n) is 1.94. The molecule has 1 N–H and O–H groups in total. The first-order valence-electron chi connectivity index (χ1n) is 5.72. The van der Waals surface area contributed by atoms with Crippen LogP contribution in [0.15, 0.2) is 12.1 Å². The molecule has 2 heterocycles. The standard InChI is InChI=1S/C12H14Cl2N2O2/c1-12(5-2-6-18-7-12)16-11(17)10-8(13)3-4-9(14)15-10/h3-4H,2,5-7H2,1H3,(H,16,17). The average Bonchev–Trinajstić information content (AvgIpc) is 2.32. The lowest BCUT2D eigenvalue weighted by Gasteiger charge is -2.34. The van der Waals surface area contributed by atoms with Gasteiger partial charge in [-0.15, -0.1) is 0 Å². The first kappa shape index (κ1) is 13.6. The third-order valence-corrected chi connectivity index (χ3v) is 3.40. The predicted octanol–water partition coefficient (Wildman–Crippen LogP) is 2.69. The number of pyridine rings is 1. The molecule has 1 atom stereocenters. The number of hydrogen-bond acceptors (Lipinski definition) is 3. The summed E-state index contributed by atoms with van der Waals surface area (Å²) in [6, 6.07) is 3.11. The molecule has 1 amide bonds. The van der Waals surface area contributed by atoms with E-state index >= 15 is 0 Å². The molecule has 0 saturated carbocycles. The van der Waals surface area contributed by atoms with E-state index in [1.165, 1.54) is 0 Å². The van der Waals surface area contributed by atoms with Crippen LogP contribution in [-0.4, -0.2) is 29.6 Å². The Kier molecular flexibility index (Phi) is 4.10. The summed E-state index contributed by atoms with van der Waals surface area (Å²) in [5.74, 6) is -0.324. The third-order valence-electron chi connectivity index (χ3n) is 2.88. The molecule has 0 spiro atoms. The van der Waals surface area contributed by atoms with Crippen molar-refractivity contribution in [3.8, 4) is 0 Å². The number of hydrogen-bond donors (Lipinski definition) is 1. The van der Waals surface area contributed by atoms with Gasteiger partial charge in [0.25, 0.3) is 5.91 Å². The second kappa shape index (κ2) is 5.43. The Morgan fingerprint density at radius 3 is 2.94 bits per heavy atom. The van der Waals surface area contributed by atoms with E-state index in [0.717, 1.165) is 19.4 Å². The van der Waals surface area contributed by atoms with E-state index in [-0.39, 0.29) is 27.3 Å². The number of carbonyl (C=O) groups excluding carboxylic acids is 1. The highest BCUT2D eigenvalue weighted by molar-refractivity contribution is 6.34. The minimum Gasteiger partial charge on any atom is -0.379 e. The van der Waals surface area contributed by atoms with Gasteiger partial charge in [0.1, 0.15) is 10.8 Å². The van der Waals surface area contributed by atoms with Gasteiger partial charge in [0.15, 0.2) is 0 Å². The van der Waals surface area contributed by atoms with Crippen molar-refractivity contribution < 1.29 is 9.53 Å². The minimum atomic E-state index is -0.372. The summed E-state index contributed by atoms with van der Waals surface area (Å²) < 4.78 is 5.38. The Hall–Kier alpha value is -0.840. The van der Waals surface area contributed by atoms with Crippen LogP contribution >= 0.6 is 23.2 Å². The van der Waals surface area contributed by atoms with Crippen molar-refractivity contribution in [1.82, 2.24) is 10.3 Å². The number of nitrogens with zero attached hydrogens (tertiary/aromatic N) is 1. The Labute approximate surface area is 116 Å². The normalized spacial score (nSPS) is 23.7. The van der Waals surface area contributed by atoms with E-state index in [4.69, 9.17) is 27.9 Å². The van der Waals surface area contributed by atoms with E-state index in [1.54, 1.807) is 12.1 Å². The van der Waals surface area contributed by atoms with E-state index < -0.39 is 0 Å². The van der Waals surface area contributed by atoms with E-state index in [0.29, 0.717) is 6.61 Å². The van der Waals surface area contributed by atoms with Crippen molar-refractivity contribution in [2.24, 2.45) is 0 Å². The van der Waals surface area contributed by atoms with Crippen LogP contribution in [0, 0.1) is 0 Å². The fraction of sp³-hybridized carbons (Fsp3) is 0.500. The van der Waals surface area contributed by atoms with Gasteiger partial charge in [-0.3, -0.25) is 4.79 Å². The fourth-order valence-corrected chi connectivity index (χ4v) is 2.28. The second-order valence-electron chi connectivity index (χ2n) is 4.64. The lowest BCUT2D eigenvalue weighted by Crippen LogP contribution is -2.51. The van der Waals surface area contributed by atoms with Crippen molar-refractivity contribution in [3.05, 3.63) is 28.0 Å². The van der Waals surface area contributed by atoms with Crippen molar-refractivity contribution in [1.29, 1.82) is 0 Å². The molecule has 4 nitrogen and oxygen atoms in total. The molecule has 0 radical (unpaired) electrons. The van der Waals surface area contributed by atoms with E-state index in [9.17, 15) is 4.79 Å². The highest BCUT2D eigenvalue weighted by Crippen LogP contribution is 2.21. The number of ether oxygens (including phenoxy) is 1. The van der Waals surface area contributed by atoms with Gasteiger partial charge in [-0.25, -0.2) is 4.98 Å². The number of amides is 1. The zero-order valence-electron chi connectivity index (χ0n) is 10.0. The van der Waals surface area contributed by atoms with Crippen molar-refractivity contribution >= 4 is 29.1 Å². The van der Waals surface area contributed by atoms with Crippen LogP contribution in [0.5, 0.6) is 0 Å². The van der Waals surface area contributed by atoms with Gasteiger partial charge in [0.05, 0.1) is 17.2 Å². The SMILES string of the molecule is CC1(NC(=O)c2nc(Cl)ccc2Cl)CCCOC1. The lowest BCUT2D eigenvalue weighted by molar-refractivity contribution is 0.0271. The molecule has 1 aromatic rings. The Balaban J connectivity index is 2.14. The van der Waals surface area contributed by atoms with Gasteiger partial charge in [-0.2, -0.15) is 0 Å². The van der Waals surface area contributed by atoms with Crippen LogP contribution in [0.4, 0.5) is 0 Å². The van der Waals surface area contributed by atoms with E-state index in [2.05, 4.69) is 10.3 Å². The summed E-state index contributed by atoms with van der Waals surface area (Å²) in [4.78, 5) is 16.1. The zero-order chi connectivity index (χ0) is 13.2. The summed E-state index contributed by atoms with van der Waals surface area (Å²) in [5.41, 5.74) is -0.223. The molecule has 0 aliphatic carbocycles. The largest absolute Gasteiger partial charge is 0.379 e. The van der Waals surface area contributed by atoms with Crippen LogP contribution in [0.2, 0.25) is 10.2 Å². The van der Waals surface area contributed by atoms with Crippen molar-refractivity contribution in [3.63, 3.8) is 0 Å². The number of halogens is 2. The molecular formula is C12H14Cl2N2O2. The maximum atomic E-state index is 12.1. The van der Waals surface area contributed by atoms with Gasteiger partial charge >= 0.3 is 0 Å². The number of carbonyl (C=O) groups is 1. The van der Waals surface area contributed by atoms with Crippen LogP contribution in [0.3, 0.4) is 0 Å². The molecule has 1 unspecified atom stereocenters. The van der Waals surface area contributed by atoms with Crippen LogP contribution < -0.4 is 5.32 Å². The molecule has 0 aromatic carbocycles. The summed E-state index contributed by atoms with van der Waals surface area (Å²) in [6.07, 6.45) is 1.80. The van der Waals surface area contributed by atoms with Crippen LogP contribution in [-0.2, 0) is 4.74 Å². The summed E-state index contributed by atoms with van der Waals surface area (Å²) in [7, 11) is 0. The number of nitrogens with one attached hydrogen (secondary N) is 1. The Bertz CT molecular complexity index is 459. The maximum absolute atomic E-state index is 12.1. The van der Waals surface area contributed by atoms with E-state index in [1.807, 2.05) is 6.92 Å². The molecule has 2 rings (SSSR count). The summed E-state index contributed by atoms with van der Waals surface area (Å²) in [5, 5.41) is 3.44. The lowest BCUT2D eigenvalue weighted by atomic mass is 9.95. The Morgan fingerprint density at radius 1 is 1.50 bits per heavy atom. The highest BCUT2D eigenvalue weighted by Gasteiger charge is 2.30. The minimum absolute atomic E-state index is 0.149. The van der Waals surface area contributed by atoms with Gasteiger partial charge < -0.3 is 10.1 Å². The quantitative estimate of drug-likeness (QED) is 0.852. The van der Waals surface area contributed by atoms with Crippen LogP contribution in [0.1, 0.15) is 30.3 Å². The van der Waals surface area contributed by atoms with Crippen molar-refractivity contribution in [2.45, 2.75) is 25.3 Å². The maximum Gasteiger partial charge on any atom is 0.271 e. The monoisotopic (exact) mass is 288 g/mol. The average molecular weight is 289 g/mol. The topological polar surface area (TPSA) is 51.2 Å². The molecule has 0 bridgehead atoms. The second-order valence-corrected chi connectivity index (χ2v) is 5.43. The van der Waals surface area contributed by atoms with Gasteiger partial charge in [-0.05, 0) is 31.9 Å². The molecule has 1 aliphatic rings. The van der Waals surface area contributed by atoms with Crippen LogP contribution in [0.25, 0.3) is 0 Å². The van der Waals surface area contributed by atoms with Gasteiger partial charge in [0, 0.05) is 6.61 Å². The molecule has 1 saturated heterocycles. The summed E-state index contributed by atoms with van der Waals surface area (Å²) >= 11 is 11.7. The van der Waals surface area contributed by atoms with Gasteiger partial charge in [0.2, 0.25) is 0 Å². The molecule has 18 heavy (non-hydrogen) atoms. The molecule has 1 aromatic heterocycles. The molecule has 1 fully saturated rings.